The Labute approximate surface area is 166 Å². The predicted octanol–water partition coefficient (Wildman–Crippen LogP) is 1.09. The third-order valence-electron chi connectivity index (χ3n) is 4.92. The molecule has 1 unspecified atom stereocenters. The number of ether oxygens (including phenoxy) is 1. The second kappa shape index (κ2) is 8.95. The molecule has 0 saturated heterocycles. The van der Waals surface area contributed by atoms with Gasteiger partial charge in [-0.15, -0.1) is 0 Å². The van der Waals surface area contributed by atoms with Crippen molar-refractivity contribution in [2.24, 2.45) is 5.73 Å². The average Bonchev–Trinajstić information content (AvgIpc) is 2.62. The molecule has 28 heavy (non-hydrogen) atoms. The molecule has 1 heterocycles. The third kappa shape index (κ3) is 4.94. The van der Waals surface area contributed by atoms with Gasteiger partial charge >= 0.3 is 0 Å². The molecule has 0 bridgehead atoms. The third-order valence-corrected chi connectivity index (χ3v) is 4.92. The number of hydrogen-bond acceptors (Lipinski definition) is 5. The first-order valence-corrected chi connectivity index (χ1v) is 9.41. The molecular formula is C20H30N4O4. The largest absolute Gasteiger partial charge is 0.489 e. The number of hydrogen-bond donors (Lipinski definition) is 1. The molecule has 0 fully saturated rings. The molecule has 0 spiro atoms. The fourth-order valence-electron chi connectivity index (χ4n) is 3.22. The highest BCUT2D eigenvalue weighted by Gasteiger charge is 2.30. The van der Waals surface area contributed by atoms with Gasteiger partial charge in [-0.25, -0.2) is 0 Å². The standard InChI is InChI=1S/C20H30N4O4/c1-13(2)24(9-8-18(21)25)19(26)11-15-12-28-17-7-6-14(20(27)22(3)4)10-16(17)23(15)5/h6-7,10,13,15H,8-9,11-12H2,1-5H3,(H2,21,25). The Morgan fingerprint density at radius 1 is 1.29 bits per heavy atom. The van der Waals surface area contributed by atoms with E-state index in [1.54, 1.807) is 37.2 Å². The summed E-state index contributed by atoms with van der Waals surface area (Å²) in [7, 11) is 5.30. The van der Waals surface area contributed by atoms with Gasteiger partial charge in [0, 0.05) is 45.7 Å². The van der Waals surface area contributed by atoms with E-state index in [0.29, 0.717) is 24.5 Å². The van der Waals surface area contributed by atoms with Gasteiger partial charge < -0.3 is 25.2 Å². The Balaban J connectivity index is 2.15. The van der Waals surface area contributed by atoms with Crippen molar-refractivity contribution in [3.05, 3.63) is 23.8 Å². The van der Waals surface area contributed by atoms with Gasteiger partial charge in [-0.1, -0.05) is 0 Å². The lowest BCUT2D eigenvalue weighted by molar-refractivity contribution is -0.134. The van der Waals surface area contributed by atoms with Crippen molar-refractivity contribution >= 4 is 23.4 Å². The van der Waals surface area contributed by atoms with Crippen molar-refractivity contribution in [2.45, 2.75) is 38.8 Å². The van der Waals surface area contributed by atoms with Gasteiger partial charge in [-0.05, 0) is 32.0 Å². The van der Waals surface area contributed by atoms with E-state index in [4.69, 9.17) is 10.5 Å². The molecule has 1 aromatic carbocycles. The lowest BCUT2D eigenvalue weighted by Crippen LogP contribution is -2.46. The topological polar surface area (TPSA) is 96.2 Å². The van der Waals surface area contributed by atoms with Crippen molar-refractivity contribution in [3.8, 4) is 5.75 Å². The number of likely N-dealkylation sites (N-methyl/N-ethyl adjacent to an activating group) is 1. The van der Waals surface area contributed by atoms with Crippen LogP contribution in [0.5, 0.6) is 5.75 Å². The number of carbonyl (C=O) groups excluding carboxylic acids is 3. The van der Waals surface area contributed by atoms with Gasteiger partial charge in [-0.2, -0.15) is 0 Å². The van der Waals surface area contributed by atoms with Crippen molar-refractivity contribution in [3.63, 3.8) is 0 Å². The second-order valence-electron chi connectivity index (χ2n) is 7.56. The zero-order valence-corrected chi connectivity index (χ0v) is 17.3. The molecule has 8 heteroatoms. The molecule has 1 aromatic rings. The zero-order valence-electron chi connectivity index (χ0n) is 17.3. The van der Waals surface area contributed by atoms with Gasteiger partial charge in [0.05, 0.1) is 18.2 Å². The quantitative estimate of drug-likeness (QED) is 0.752. The van der Waals surface area contributed by atoms with Crippen LogP contribution in [0, 0.1) is 0 Å². The Kier molecular flexibility index (Phi) is 6.88. The molecule has 2 rings (SSSR count). The smallest absolute Gasteiger partial charge is 0.253 e. The van der Waals surface area contributed by atoms with E-state index in [1.807, 2.05) is 25.8 Å². The summed E-state index contributed by atoms with van der Waals surface area (Å²) in [6.45, 7) is 4.50. The van der Waals surface area contributed by atoms with Crippen molar-refractivity contribution in [1.82, 2.24) is 9.80 Å². The maximum absolute atomic E-state index is 12.8. The normalized spacial score (nSPS) is 15.6. The first kappa shape index (κ1) is 21.5. The van der Waals surface area contributed by atoms with Crippen LogP contribution in [0.1, 0.15) is 37.0 Å². The van der Waals surface area contributed by atoms with Crippen molar-refractivity contribution < 1.29 is 19.1 Å². The van der Waals surface area contributed by atoms with Gasteiger partial charge in [0.2, 0.25) is 11.8 Å². The second-order valence-corrected chi connectivity index (χ2v) is 7.56. The van der Waals surface area contributed by atoms with Crippen molar-refractivity contribution in [1.29, 1.82) is 0 Å². The van der Waals surface area contributed by atoms with Crippen LogP contribution in [0.2, 0.25) is 0 Å². The van der Waals surface area contributed by atoms with Gasteiger partial charge in [0.15, 0.2) is 0 Å². The number of rotatable bonds is 7. The number of amides is 3. The van der Waals surface area contributed by atoms with Crippen LogP contribution in [-0.2, 0) is 9.59 Å². The minimum absolute atomic E-state index is 0.0294. The number of nitrogens with two attached hydrogens (primary N) is 1. The lowest BCUT2D eigenvalue weighted by Gasteiger charge is -2.37. The summed E-state index contributed by atoms with van der Waals surface area (Å²) < 4.78 is 5.83. The average molecular weight is 390 g/mol. The molecule has 1 atom stereocenters. The molecule has 3 amide bonds. The number of nitrogens with zero attached hydrogens (tertiary/aromatic N) is 3. The molecule has 8 nitrogen and oxygen atoms in total. The Bertz CT molecular complexity index is 748. The molecule has 0 saturated carbocycles. The Morgan fingerprint density at radius 3 is 2.54 bits per heavy atom. The Morgan fingerprint density at radius 2 is 1.96 bits per heavy atom. The van der Waals surface area contributed by atoms with Crippen LogP contribution in [0.4, 0.5) is 5.69 Å². The van der Waals surface area contributed by atoms with E-state index >= 15 is 0 Å². The number of fused-ring (bicyclic) bond motifs is 1. The summed E-state index contributed by atoms with van der Waals surface area (Å²) in [6.07, 6.45) is 0.387. The van der Waals surface area contributed by atoms with Crippen LogP contribution in [0.3, 0.4) is 0 Å². The minimum Gasteiger partial charge on any atom is -0.489 e. The summed E-state index contributed by atoms with van der Waals surface area (Å²) in [5.74, 6) is 0.118. The van der Waals surface area contributed by atoms with Gasteiger partial charge in [-0.3, -0.25) is 14.4 Å². The van der Waals surface area contributed by atoms with E-state index in [1.165, 1.54) is 4.90 Å². The number of primary amides is 1. The molecule has 1 aliphatic heterocycles. The highest BCUT2D eigenvalue weighted by Crippen LogP contribution is 2.35. The van der Waals surface area contributed by atoms with Crippen molar-refractivity contribution in [2.75, 3.05) is 39.2 Å². The molecule has 154 valence electrons. The zero-order chi connectivity index (χ0) is 21.0. The fraction of sp³-hybridized carbons (Fsp3) is 0.550. The highest BCUT2D eigenvalue weighted by atomic mass is 16.5. The summed E-state index contributed by atoms with van der Waals surface area (Å²) in [5, 5.41) is 0. The van der Waals surface area contributed by atoms with E-state index in [-0.39, 0.29) is 36.7 Å². The summed E-state index contributed by atoms with van der Waals surface area (Å²) in [6, 6.07) is 5.12. The summed E-state index contributed by atoms with van der Waals surface area (Å²) in [4.78, 5) is 41.3. The van der Waals surface area contributed by atoms with Gasteiger partial charge in [0.1, 0.15) is 12.4 Å². The summed E-state index contributed by atoms with van der Waals surface area (Å²) >= 11 is 0. The predicted molar refractivity (Wildman–Crippen MR) is 107 cm³/mol. The van der Waals surface area contributed by atoms with E-state index < -0.39 is 5.91 Å². The summed E-state index contributed by atoms with van der Waals surface area (Å²) in [5.41, 5.74) is 6.57. The first-order valence-electron chi connectivity index (χ1n) is 9.41. The number of benzene rings is 1. The van der Waals surface area contributed by atoms with E-state index in [2.05, 4.69) is 0 Å². The van der Waals surface area contributed by atoms with E-state index in [0.717, 1.165) is 5.69 Å². The molecular weight excluding hydrogens is 360 g/mol. The van der Waals surface area contributed by atoms with E-state index in [9.17, 15) is 14.4 Å². The van der Waals surface area contributed by atoms with Gasteiger partial charge in [0.25, 0.3) is 5.91 Å². The maximum Gasteiger partial charge on any atom is 0.253 e. The SMILES string of the molecule is CC(C)N(CCC(N)=O)C(=O)CC1COc2ccc(C(=O)N(C)C)cc2N1C. The molecule has 2 N–H and O–H groups in total. The monoisotopic (exact) mass is 390 g/mol. The highest BCUT2D eigenvalue weighted by molar-refractivity contribution is 5.95. The molecule has 0 aliphatic carbocycles. The number of carbonyl (C=O) groups is 3. The molecule has 0 aromatic heterocycles. The molecule has 1 aliphatic rings. The Hall–Kier alpha value is -2.77. The number of anilines is 1. The van der Waals surface area contributed by atoms with Crippen LogP contribution in [0.15, 0.2) is 18.2 Å². The van der Waals surface area contributed by atoms with Crippen LogP contribution in [0.25, 0.3) is 0 Å². The van der Waals surface area contributed by atoms with Crippen LogP contribution < -0.4 is 15.4 Å². The maximum atomic E-state index is 12.8. The minimum atomic E-state index is -0.427. The lowest BCUT2D eigenvalue weighted by atomic mass is 10.1. The first-order chi connectivity index (χ1) is 13.1. The fourth-order valence-corrected chi connectivity index (χ4v) is 3.22. The van der Waals surface area contributed by atoms with Crippen LogP contribution >= 0.6 is 0 Å². The van der Waals surface area contributed by atoms with Crippen LogP contribution in [-0.4, -0.2) is 73.9 Å². The molecule has 0 radical (unpaired) electrons.